The molecule has 2 saturated carbocycles. The summed E-state index contributed by atoms with van der Waals surface area (Å²) >= 11 is 0. The Morgan fingerprint density at radius 3 is 2.57 bits per heavy atom. The zero-order valence-electron chi connectivity index (χ0n) is 12.8. The van der Waals surface area contributed by atoms with Crippen molar-refractivity contribution < 1.29 is 0 Å². The minimum atomic E-state index is 0.410. The minimum absolute atomic E-state index is 0.410. The van der Waals surface area contributed by atoms with Gasteiger partial charge in [-0.15, -0.1) is 0 Å². The van der Waals surface area contributed by atoms with E-state index in [2.05, 4.69) is 42.7 Å². The minimum Gasteiger partial charge on any atom is -0.383 e. The predicted octanol–water partition coefficient (Wildman–Crippen LogP) is 4.47. The molecule has 1 aromatic carbocycles. The predicted molar refractivity (Wildman–Crippen MR) is 86.4 cm³/mol. The first-order chi connectivity index (χ1) is 10.1. The Labute approximate surface area is 126 Å². The summed E-state index contributed by atoms with van der Waals surface area (Å²) in [6.45, 7) is 4.40. The van der Waals surface area contributed by atoms with Gasteiger partial charge in [-0.2, -0.15) is 0 Å². The van der Waals surface area contributed by atoms with Crippen LogP contribution in [-0.4, -0.2) is 9.55 Å². The van der Waals surface area contributed by atoms with Crippen LogP contribution in [0.4, 0.5) is 5.82 Å². The first kappa shape index (κ1) is 12.9. The maximum absolute atomic E-state index is 6.46. The molecule has 4 rings (SSSR count). The second-order valence-corrected chi connectivity index (χ2v) is 6.86. The van der Waals surface area contributed by atoms with Gasteiger partial charge in [0, 0.05) is 17.5 Å². The van der Waals surface area contributed by atoms with Crippen molar-refractivity contribution in [3.05, 3.63) is 35.7 Å². The van der Waals surface area contributed by atoms with Crippen LogP contribution in [0.2, 0.25) is 0 Å². The van der Waals surface area contributed by atoms with Crippen molar-refractivity contribution in [3.63, 3.8) is 0 Å². The maximum atomic E-state index is 6.46. The summed E-state index contributed by atoms with van der Waals surface area (Å²) in [6, 6.07) is 9.39. The Kier molecular flexibility index (Phi) is 2.84. The quantitative estimate of drug-likeness (QED) is 0.898. The molecule has 0 unspecified atom stereocenters. The second-order valence-electron chi connectivity index (χ2n) is 6.86. The summed E-state index contributed by atoms with van der Waals surface area (Å²) in [5.74, 6) is 3.17. The van der Waals surface area contributed by atoms with Gasteiger partial charge in [0.1, 0.15) is 17.3 Å². The maximum Gasteiger partial charge on any atom is 0.132 e. The summed E-state index contributed by atoms with van der Waals surface area (Å²) < 4.78 is 2.28. The lowest BCUT2D eigenvalue weighted by atomic mass is 10.1. The molecule has 3 heteroatoms. The largest absolute Gasteiger partial charge is 0.383 e. The third-order valence-electron chi connectivity index (χ3n) is 4.61. The molecule has 0 saturated heterocycles. The number of hydrogen-bond acceptors (Lipinski definition) is 2. The highest BCUT2D eigenvalue weighted by Crippen LogP contribution is 2.44. The fraction of sp³-hybridized carbons (Fsp3) is 0.500. The van der Waals surface area contributed by atoms with Crippen LogP contribution in [-0.2, 0) is 0 Å². The Morgan fingerprint density at radius 1 is 1.19 bits per heavy atom. The first-order valence-electron chi connectivity index (χ1n) is 8.13. The molecule has 0 spiro atoms. The van der Waals surface area contributed by atoms with Crippen molar-refractivity contribution >= 4 is 5.82 Å². The Balaban J connectivity index is 1.80. The van der Waals surface area contributed by atoms with Crippen LogP contribution in [0.15, 0.2) is 24.3 Å². The molecule has 0 amide bonds. The lowest BCUT2D eigenvalue weighted by Gasteiger charge is -2.10. The molecule has 21 heavy (non-hydrogen) atoms. The standard InChI is InChI=1S/C18H23N3/c1-11(2)18-20-16(17(19)21(18)15-8-9-15)14-5-3-4-13(10-14)12-6-7-12/h3-5,10-12,15H,6-9,19H2,1-2H3. The van der Waals surface area contributed by atoms with E-state index in [4.69, 9.17) is 10.7 Å². The highest BCUT2D eigenvalue weighted by Gasteiger charge is 2.31. The number of aromatic nitrogens is 2. The smallest absolute Gasteiger partial charge is 0.132 e. The van der Waals surface area contributed by atoms with Gasteiger partial charge in [-0.3, -0.25) is 0 Å². The first-order valence-corrected chi connectivity index (χ1v) is 8.13. The molecule has 0 radical (unpaired) electrons. The van der Waals surface area contributed by atoms with E-state index in [0.717, 1.165) is 23.3 Å². The molecule has 1 aromatic heterocycles. The van der Waals surface area contributed by atoms with E-state index in [9.17, 15) is 0 Å². The summed E-state index contributed by atoms with van der Waals surface area (Å²) in [5.41, 5.74) is 10.1. The Bertz CT molecular complexity index is 676. The number of benzene rings is 1. The van der Waals surface area contributed by atoms with E-state index >= 15 is 0 Å². The van der Waals surface area contributed by atoms with Crippen molar-refractivity contribution in [2.75, 3.05) is 5.73 Å². The number of rotatable bonds is 4. The number of nitrogen functional groups attached to an aromatic ring is 1. The Hall–Kier alpha value is -1.77. The lowest BCUT2D eigenvalue weighted by molar-refractivity contribution is 0.646. The van der Waals surface area contributed by atoms with Gasteiger partial charge in [0.05, 0.1) is 0 Å². The molecule has 2 N–H and O–H groups in total. The van der Waals surface area contributed by atoms with E-state index in [1.807, 2.05) is 0 Å². The van der Waals surface area contributed by atoms with Crippen molar-refractivity contribution in [1.29, 1.82) is 0 Å². The summed E-state index contributed by atoms with van der Waals surface area (Å²) in [4.78, 5) is 4.90. The van der Waals surface area contributed by atoms with Gasteiger partial charge in [0.15, 0.2) is 0 Å². The van der Waals surface area contributed by atoms with Crippen molar-refractivity contribution in [1.82, 2.24) is 9.55 Å². The number of nitrogens with zero attached hydrogens (tertiary/aromatic N) is 2. The monoisotopic (exact) mass is 281 g/mol. The third kappa shape index (κ3) is 2.25. The van der Waals surface area contributed by atoms with E-state index in [1.54, 1.807) is 0 Å². The highest BCUT2D eigenvalue weighted by atomic mass is 15.2. The van der Waals surface area contributed by atoms with E-state index in [0.29, 0.717) is 12.0 Å². The van der Waals surface area contributed by atoms with Crippen LogP contribution in [0.25, 0.3) is 11.3 Å². The SMILES string of the molecule is CC(C)c1nc(-c2cccc(C3CC3)c2)c(N)n1C1CC1. The van der Waals surface area contributed by atoms with Gasteiger partial charge in [-0.1, -0.05) is 32.0 Å². The third-order valence-corrected chi connectivity index (χ3v) is 4.61. The Morgan fingerprint density at radius 2 is 1.95 bits per heavy atom. The van der Waals surface area contributed by atoms with Gasteiger partial charge in [-0.25, -0.2) is 4.98 Å². The highest BCUT2D eigenvalue weighted by molar-refractivity contribution is 5.72. The molecule has 2 aliphatic carbocycles. The van der Waals surface area contributed by atoms with E-state index in [1.165, 1.54) is 36.8 Å². The molecule has 0 aliphatic heterocycles. The van der Waals surface area contributed by atoms with Crippen LogP contribution in [0.1, 0.15) is 68.8 Å². The normalized spacial score (nSPS) is 18.4. The van der Waals surface area contributed by atoms with E-state index < -0.39 is 0 Å². The lowest BCUT2D eigenvalue weighted by Crippen LogP contribution is -2.06. The topological polar surface area (TPSA) is 43.8 Å². The van der Waals surface area contributed by atoms with Gasteiger partial charge in [0.25, 0.3) is 0 Å². The van der Waals surface area contributed by atoms with Crippen molar-refractivity contribution in [2.24, 2.45) is 0 Å². The number of hydrogen-bond donors (Lipinski definition) is 1. The molecule has 0 bridgehead atoms. The molecular formula is C18H23N3. The van der Waals surface area contributed by atoms with Crippen LogP contribution in [0.5, 0.6) is 0 Å². The fourth-order valence-corrected chi connectivity index (χ4v) is 3.16. The van der Waals surface area contributed by atoms with Gasteiger partial charge >= 0.3 is 0 Å². The van der Waals surface area contributed by atoms with Crippen molar-refractivity contribution in [3.8, 4) is 11.3 Å². The average molecular weight is 281 g/mol. The number of nitrogens with two attached hydrogens (primary N) is 1. The number of imidazole rings is 1. The summed E-state index contributed by atoms with van der Waals surface area (Å²) in [5, 5.41) is 0. The average Bonchev–Trinajstić information content (AvgIpc) is 3.36. The molecule has 0 atom stereocenters. The molecule has 2 fully saturated rings. The summed E-state index contributed by atoms with van der Waals surface area (Å²) in [6.07, 6.45) is 5.13. The molecule has 110 valence electrons. The second kappa shape index (κ2) is 4.62. The van der Waals surface area contributed by atoms with Gasteiger partial charge in [-0.05, 0) is 43.2 Å². The van der Waals surface area contributed by atoms with Gasteiger partial charge in [0.2, 0.25) is 0 Å². The molecule has 1 heterocycles. The number of anilines is 1. The fourth-order valence-electron chi connectivity index (χ4n) is 3.16. The zero-order valence-corrected chi connectivity index (χ0v) is 12.8. The van der Waals surface area contributed by atoms with Crippen molar-refractivity contribution in [2.45, 2.75) is 57.4 Å². The molecular weight excluding hydrogens is 258 g/mol. The molecule has 3 nitrogen and oxygen atoms in total. The molecule has 2 aliphatic rings. The van der Waals surface area contributed by atoms with Gasteiger partial charge < -0.3 is 10.3 Å². The van der Waals surface area contributed by atoms with Crippen LogP contribution < -0.4 is 5.73 Å². The summed E-state index contributed by atoms with van der Waals surface area (Å²) in [7, 11) is 0. The molecule has 2 aromatic rings. The zero-order chi connectivity index (χ0) is 14.6. The van der Waals surface area contributed by atoms with Crippen LogP contribution in [0.3, 0.4) is 0 Å². The van der Waals surface area contributed by atoms with E-state index in [-0.39, 0.29) is 0 Å². The van der Waals surface area contributed by atoms with Crippen LogP contribution in [0, 0.1) is 0 Å². The van der Waals surface area contributed by atoms with Crippen LogP contribution >= 0.6 is 0 Å².